The van der Waals surface area contributed by atoms with Crippen molar-refractivity contribution < 1.29 is 4.92 Å². The molecule has 17 heavy (non-hydrogen) atoms. The summed E-state index contributed by atoms with van der Waals surface area (Å²) in [7, 11) is 1.71. The van der Waals surface area contributed by atoms with Gasteiger partial charge in [0, 0.05) is 13.6 Å². The lowest BCUT2D eigenvalue weighted by Crippen LogP contribution is -2.23. The van der Waals surface area contributed by atoms with Crippen molar-refractivity contribution in [3.05, 3.63) is 15.8 Å². The topological polar surface area (TPSA) is 73.0 Å². The van der Waals surface area contributed by atoms with Crippen LogP contribution in [0.4, 0.5) is 11.5 Å². The van der Waals surface area contributed by atoms with Gasteiger partial charge in [-0.05, 0) is 18.8 Å². The van der Waals surface area contributed by atoms with E-state index in [4.69, 9.17) is 0 Å². The number of hydrogen-bond donors (Lipinski definition) is 1. The SMILES string of the molecule is CCC(C)(C)CNc1c([N+](=O)[O-])c(C)nn1C. The van der Waals surface area contributed by atoms with Crippen LogP contribution in [-0.2, 0) is 7.05 Å². The first-order valence-corrected chi connectivity index (χ1v) is 5.70. The monoisotopic (exact) mass is 240 g/mol. The van der Waals surface area contributed by atoms with Gasteiger partial charge in [0.05, 0.1) is 4.92 Å². The molecule has 0 saturated heterocycles. The molecule has 0 radical (unpaired) electrons. The largest absolute Gasteiger partial charge is 0.364 e. The van der Waals surface area contributed by atoms with Gasteiger partial charge in [-0.25, -0.2) is 4.68 Å². The summed E-state index contributed by atoms with van der Waals surface area (Å²) >= 11 is 0. The summed E-state index contributed by atoms with van der Waals surface area (Å²) < 4.78 is 1.53. The van der Waals surface area contributed by atoms with E-state index in [1.807, 2.05) is 0 Å². The number of rotatable bonds is 5. The van der Waals surface area contributed by atoms with Crippen molar-refractivity contribution >= 4 is 11.5 Å². The van der Waals surface area contributed by atoms with Crippen LogP contribution in [-0.4, -0.2) is 21.2 Å². The van der Waals surface area contributed by atoms with E-state index in [1.165, 1.54) is 4.68 Å². The number of nitrogens with one attached hydrogen (secondary N) is 1. The quantitative estimate of drug-likeness (QED) is 0.634. The van der Waals surface area contributed by atoms with E-state index in [-0.39, 0.29) is 16.0 Å². The Morgan fingerprint density at radius 1 is 1.53 bits per heavy atom. The number of aryl methyl sites for hydroxylation is 2. The van der Waals surface area contributed by atoms with Gasteiger partial charge in [-0.15, -0.1) is 0 Å². The summed E-state index contributed by atoms with van der Waals surface area (Å²) in [6.07, 6.45) is 1.00. The molecule has 0 spiro atoms. The molecule has 0 bridgehead atoms. The van der Waals surface area contributed by atoms with Crippen molar-refractivity contribution in [1.82, 2.24) is 9.78 Å². The zero-order valence-corrected chi connectivity index (χ0v) is 11.1. The number of anilines is 1. The lowest BCUT2D eigenvalue weighted by atomic mass is 9.90. The molecule has 0 aliphatic rings. The maximum Gasteiger partial charge on any atom is 0.333 e. The van der Waals surface area contributed by atoms with E-state index in [9.17, 15) is 10.1 Å². The maximum atomic E-state index is 11.0. The Labute approximate surface area is 101 Å². The number of nitrogens with zero attached hydrogens (tertiary/aromatic N) is 3. The van der Waals surface area contributed by atoms with E-state index in [0.29, 0.717) is 18.1 Å². The molecule has 0 unspecified atom stereocenters. The standard InChI is InChI=1S/C11H20N4O2/c1-6-11(3,4)7-12-10-9(15(16)17)8(2)13-14(10)5/h12H,6-7H2,1-5H3. The van der Waals surface area contributed by atoms with Crippen molar-refractivity contribution in [2.75, 3.05) is 11.9 Å². The van der Waals surface area contributed by atoms with Gasteiger partial charge < -0.3 is 5.32 Å². The van der Waals surface area contributed by atoms with Crippen LogP contribution in [0.1, 0.15) is 32.9 Å². The van der Waals surface area contributed by atoms with Gasteiger partial charge in [0.25, 0.3) is 0 Å². The van der Waals surface area contributed by atoms with Crippen molar-refractivity contribution in [3.63, 3.8) is 0 Å². The van der Waals surface area contributed by atoms with Crippen LogP contribution in [0.15, 0.2) is 0 Å². The highest BCUT2D eigenvalue weighted by molar-refractivity contribution is 5.59. The van der Waals surface area contributed by atoms with Gasteiger partial charge in [-0.2, -0.15) is 5.10 Å². The molecule has 0 aliphatic carbocycles. The average Bonchev–Trinajstić information content (AvgIpc) is 2.50. The van der Waals surface area contributed by atoms with Crippen molar-refractivity contribution in [2.45, 2.75) is 34.1 Å². The van der Waals surface area contributed by atoms with Gasteiger partial charge in [-0.1, -0.05) is 20.8 Å². The molecule has 1 aromatic rings. The van der Waals surface area contributed by atoms with E-state index in [1.54, 1.807) is 14.0 Å². The third-order valence-corrected chi connectivity index (χ3v) is 3.06. The van der Waals surface area contributed by atoms with Crippen LogP contribution in [0.25, 0.3) is 0 Å². The summed E-state index contributed by atoms with van der Waals surface area (Å²) in [6.45, 7) is 8.67. The Hall–Kier alpha value is -1.59. The second-order valence-electron chi connectivity index (χ2n) is 5.03. The number of aromatic nitrogens is 2. The number of nitro groups is 1. The molecule has 0 fully saturated rings. The predicted molar refractivity (Wildman–Crippen MR) is 67.2 cm³/mol. The lowest BCUT2D eigenvalue weighted by molar-refractivity contribution is -0.384. The molecule has 0 atom stereocenters. The predicted octanol–water partition coefficient (Wildman–Crippen LogP) is 2.48. The molecular formula is C11H20N4O2. The first kappa shape index (κ1) is 13.5. The highest BCUT2D eigenvalue weighted by Crippen LogP contribution is 2.29. The normalized spacial score (nSPS) is 11.6. The first-order chi connectivity index (χ1) is 7.78. The van der Waals surface area contributed by atoms with E-state index in [2.05, 4.69) is 31.2 Å². The fourth-order valence-electron chi connectivity index (χ4n) is 1.51. The van der Waals surface area contributed by atoms with E-state index >= 15 is 0 Å². The highest BCUT2D eigenvalue weighted by Gasteiger charge is 2.25. The molecule has 96 valence electrons. The maximum absolute atomic E-state index is 11.0. The highest BCUT2D eigenvalue weighted by atomic mass is 16.6. The molecule has 1 aromatic heterocycles. The van der Waals surface area contributed by atoms with Crippen LogP contribution in [0, 0.1) is 22.5 Å². The van der Waals surface area contributed by atoms with Crippen molar-refractivity contribution in [1.29, 1.82) is 0 Å². The van der Waals surface area contributed by atoms with Gasteiger partial charge in [0.15, 0.2) is 0 Å². The third kappa shape index (κ3) is 2.95. The van der Waals surface area contributed by atoms with Gasteiger partial charge >= 0.3 is 5.69 Å². The molecule has 1 rings (SSSR count). The minimum Gasteiger partial charge on any atom is -0.364 e. The van der Waals surface area contributed by atoms with Crippen LogP contribution in [0.2, 0.25) is 0 Å². The van der Waals surface area contributed by atoms with Gasteiger partial charge in [0.1, 0.15) is 5.69 Å². The molecule has 0 aromatic carbocycles. The van der Waals surface area contributed by atoms with Gasteiger partial charge in [-0.3, -0.25) is 10.1 Å². The molecule has 6 heteroatoms. The molecule has 1 N–H and O–H groups in total. The molecule has 0 amide bonds. The Morgan fingerprint density at radius 3 is 2.59 bits per heavy atom. The summed E-state index contributed by atoms with van der Waals surface area (Å²) in [6, 6.07) is 0. The van der Waals surface area contributed by atoms with Crippen LogP contribution in [0.5, 0.6) is 0 Å². The molecule has 6 nitrogen and oxygen atoms in total. The minimum atomic E-state index is -0.385. The second-order valence-corrected chi connectivity index (χ2v) is 5.03. The summed E-state index contributed by atoms with van der Waals surface area (Å²) in [4.78, 5) is 10.6. The molecular weight excluding hydrogens is 220 g/mol. The molecule has 0 aliphatic heterocycles. The summed E-state index contributed by atoms with van der Waals surface area (Å²) in [5.74, 6) is 0.481. The van der Waals surface area contributed by atoms with Gasteiger partial charge in [0.2, 0.25) is 5.82 Å². The number of hydrogen-bond acceptors (Lipinski definition) is 4. The van der Waals surface area contributed by atoms with Crippen LogP contribution < -0.4 is 5.32 Å². The van der Waals surface area contributed by atoms with E-state index in [0.717, 1.165) is 6.42 Å². The van der Waals surface area contributed by atoms with Crippen LogP contribution >= 0.6 is 0 Å². The zero-order chi connectivity index (χ0) is 13.2. The second kappa shape index (κ2) is 4.73. The van der Waals surface area contributed by atoms with Crippen LogP contribution in [0.3, 0.4) is 0 Å². The Bertz CT molecular complexity index is 423. The molecule has 0 saturated carbocycles. The third-order valence-electron chi connectivity index (χ3n) is 3.06. The Kier molecular flexibility index (Phi) is 3.75. The first-order valence-electron chi connectivity index (χ1n) is 5.70. The fourth-order valence-corrected chi connectivity index (χ4v) is 1.51. The lowest BCUT2D eigenvalue weighted by Gasteiger charge is -2.23. The minimum absolute atomic E-state index is 0.0689. The van der Waals surface area contributed by atoms with Crippen molar-refractivity contribution in [2.24, 2.45) is 12.5 Å². The summed E-state index contributed by atoms with van der Waals surface area (Å²) in [5, 5.41) is 18.2. The van der Waals surface area contributed by atoms with E-state index < -0.39 is 0 Å². The fraction of sp³-hybridized carbons (Fsp3) is 0.727. The Balaban J connectivity index is 2.95. The zero-order valence-electron chi connectivity index (χ0n) is 11.1. The Morgan fingerprint density at radius 2 is 2.12 bits per heavy atom. The average molecular weight is 240 g/mol. The smallest absolute Gasteiger partial charge is 0.333 e. The van der Waals surface area contributed by atoms with Crippen molar-refractivity contribution in [3.8, 4) is 0 Å². The summed E-state index contributed by atoms with van der Waals surface area (Å²) in [5.41, 5.74) is 0.611. The molecule has 1 heterocycles.